The molecule has 0 radical (unpaired) electrons. The van der Waals surface area contributed by atoms with Crippen molar-refractivity contribution in [2.75, 3.05) is 32.6 Å². The van der Waals surface area contributed by atoms with E-state index in [9.17, 15) is 9.59 Å². The molecular weight excluding hydrogens is 344 g/mol. The Morgan fingerprint density at radius 1 is 1.04 bits per heavy atom. The minimum atomic E-state index is -0.284. The number of carbonyl (C=O) groups is 2. The second-order valence-electron chi connectivity index (χ2n) is 6.18. The van der Waals surface area contributed by atoms with E-state index in [2.05, 4.69) is 5.32 Å². The normalized spacial score (nSPS) is 10.2. The lowest BCUT2D eigenvalue weighted by atomic mass is 10.1. The van der Waals surface area contributed by atoms with Gasteiger partial charge < -0.3 is 19.7 Å². The lowest BCUT2D eigenvalue weighted by Crippen LogP contribution is -2.38. The van der Waals surface area contributed by atoms with Crippen LogP contribution in [0, 0.1) is 6.92 Å². The maximum absolute atomic E-state index is 13.0. The fraction of sp³-hybridized carbons (Fsp3) is 0.333. The van der Waals surface area contributed by atoms with Crippen LogP contribution in [0.3, 0.4) is 0 Å². The molecular formula is C21H26N2O4. The van der Waals surface area contributed by atoms with E-state index in [0.29, 0.717) is 29.3 Å². The molecule has 27 heavy (non-hydrogen) atoms. The molecule has 2 amide bonds. The van der Waals surface area contributed by atoms with Gasteiger partial charge in [-0.2, -0.15) is 0 Å². The van der Waals surface area contributed by atoms with E-state index >= 15 is 0 Å². The summed E-state index contributed by atoms with van der Waals surface area (Å²) in [5, 5.41) is 2.81. The van der Waals surface area contributed by atoms with Gasteiger partial charge in [0.1, 0.15) is 18.0 Å². The average Bonchev–Trinajstić information content (AvgIpc) is 2.67. The van der Waals surface area contributed by atoms with Crippen molar-refractivity contribution in [1.29, 1.82) is 0 Å². The van der Waals surface area contributed by atoms with Crippen molar-refractivity contribution >= 4 is 17.5 Å². The zero-order valence-electron chi connectivity index (χ0n) is 16.2. The van der Waals surface area contributed by atoms with Gasteiger partial charge in [-0.25, -0.2) is 0 Å². The van der Waals surface area contributed by atoms with Gasteiger partial charge in [0.05, 0.1) is 25.5 Å². The number of para-hydroxylation sites is 2. The lowest BCUT2D eigenvalue weighted by molar-refractivity contribution is -0.116. The number of anilines is 1. The highest BCUT2D eigenvalue weighted by molar-refractivity contribution is 6.01. The molecule has 2 aromatic rings. The number of hydrogen-bond donors (Lipinski definition) is 1. The molecule has 0 heterocycles. The molecule has 0 unspecified atom stereocenters. The molecule has 0 aliphatic carbocycles. The largest absolute Gasteiger partial charge is 0.496 e. The van der Waals surface area contributed by atoms with Crippen LogP contribution in [0.25, 0.3) is 0 Å². The summed E-state index contributed by atoms with van der Waals surface area (Å²) >= 11 is 0. The second kappa shape index (κ2) is 9.62. The molecule has 0 saturated heterocycles. The van der Waals surface area contributed by atoms with E-state index in [1.807, 2.05) is 32.0 Å². The van der Waals surface area contributed by atoms with Gasteiger partial charge in [-0.05, 0) is 37.6 Å². The first kappa shape index (κ1) is 20.3. The number of rotatable bonds is 8. The third-order valence-electron chi connectivity index (χ3n) is 4.08. The monoisotopic (exact) mass is 370 g/mol. The predicted octanol–water partition coefficient (Wildman–Crippen LogP) is 3.50. The number of methoxy groups -OCH3 is 2. The van der Waals surface area contributed by atoms with Crippen LogP contribution in [0.4, 0.5) is 5.69 Å². The molecule has 2 rings (SSSR count). The summed E-state index contributed by atoms with van der Waals surface area (Å²) in [5.41, 5.74) is 1.98. The fourth-order valence-corrected chi connectivity index (χ4v) is 2.79. The third-order valence-corrected chi connectivity index (χ3v) is 4.08. The quantitative estimate of drug-likeness (QED) is 0.772. The first-order chi connectivity index (χ1) is 13.0. The maximum Gasteiger partial charge on any atom is 0.258 e. The smallest absolute Gasteiger partial charge is 0.258 e. The van der Waals surface area contributed by atoms with Crippen molar-refractivity contribution in [2.45, 2.75) is 20.3 Å². The number of nitrogens with zero attached hydrogens (tertiary/aromatic N) is 1. The molecule has 0 saturated carbocycles. The highest BCUT2D eigenvalue weighted by Crippen LogP contribution is 2.24. The van der Waals surface area contributed by atoms with Gasteiger partial charge in [-0.1, -0.05) is 30.7 Å². The maximum atomic E-state index is 13.0. The number of benzene rings is 2. The van der Waals surface area contributed by atoms with Crippen LogP contribution in [0.2, 0.25) is 0 Å². The average molecular weight is 370 g/mol. The Kier molecular flexibility index (Phi) is 7.23. The Labute approximate surface area is 160 Å². The van der Waals surface area contributed by atoms with Gasteiger partial charge >= 0.3 is 0 Å². The Hall–Kier alpha value is -3.02. The predicted molar refractivity (Wildman–Crippen MR) is 106 cm³/mol. The van der Waals surface area contributed by atoms with Crippen molar-refractivity contribution < 1.29 is 19.1 Å². The zero-order valence-corrected chi connectivity index (χ0v) is 16.2. The highest BCUT2D eigenvalue weighted by Gasteiger charge is 2.22. The van der Waals surface area contributed by atoms with Crippen molar-refractivity contribution in [2.24, 2.45) is 0 Å². The molecule has 0 atom stereocenters. The molecule has 0 aliphatic rings. The molecule has 0 spiro atoms. The number of amides is 2. The van der Waals surface area contributed by atoms with Crippen LogP contribution in [-0.4, -0.2) is 44.0 Å². The molecule has 1 N–H and O–H groups in total. The van der Waals surface area contributed by atoms with E-state index in [1.54, 1.807) is 31.4 Å². The first-order valence-electron chi connectivity index (χ1n) is 8.87. The molecule has 6 nitrogen and oxygen atoms in total. The molecule has 144 valence electrons. The van der Waals surface area contributed by atoms with Crippen LogP contribution >= 0.6 is 0 Å². The minimum Gasteiger partial charge on any atom is -0.496 e. The van der Waals surface area contributed by atoms with Gasteiger partial charge in [0.25, 0.3) is 5.91 Å². The SMILES string of the molecule is CCCN(CC(=O)Nc1ccccc1OC)C(=O)c1cc(C)ccc1OC. The molecule has 0 fully saturated rings. The Balaban J connectivity index is 2.18. The minimum absolute atomic E-state index is 0.0538. The Bertz CT molecular complexity index is 805. The van der Waals surface area contributed by atoms with E-state index in [1.165, 1.54) is 12.0 Å². The van der Waals surface area contributed by atoms with Gasteiger partial charge in [-0.3, -0.25) is 9.59 Å². The van der Waals surface area contributed by atoms with Gasteiger partial charge in [0.15, 0.2) is 0 Å². The summed E-state index contributed by atoms with van der Waals surface area (Å²) in [7, 11) is 3.07. The van der Waals surface area contributed by atoms with Crippen LogP contribution < -0.4 is 14.8 Å². The molecule has 0 aromatic heterocycles. The first-order valence-corrected chi connectivity index (χ1v) is 8.87. The third kappa shape index (κ3) is 5.23. The molecule has 2 aromatic carbocycles. The Morgan fingerprint density at radius 2 is 1.74 bits per heavy atom. The van der Waals surface area contributed by atoms with Crippen molar-refractivity contribution in [3.8, 4) is 11.5 Å². The number of aryl methyl sites for hydroxylation is 1. The standard InChI is InChI=1S/C21H26N2O4/c1-5-12-23(21(25)16-13-15(2)10-11-18(16)26-3)14-20(24)22-17-8-6-7-9-19(17)27-4/h6-11,13H,5,12,14H2,1-4H3,(H,22,24). The summed E-state index contributed by atoms with van der Waals surface area (Å²) in [6.07, 6.45) is 0.738. The van der Waals surface area contributed by atoms with Crippen LogP contribution in [0.15, 0.2) is 42.5 Å². The summed E-state index contributed by atoms with van der Waals surface area (Å²) in [5.74, 6) is 0.553. The van der Waals surface area contributed by atoms with Crippen molar-refractivity contribution in [1.82, 2.24) is 4.90 Å². The lowest BCUT2D eigenvalue weighted by Gasteiger charge is -2.23. The van der Waals surface area contributed by atoms with E-state index < -0.39 is 0 Å². The summed E-state index contributed by atoms with van der Waals surface area (Å²) in [6, 6.07) is 12.6. The zero-order chi connectivity index (χ0) is 19.8. The number of nitrogens with one attached hydrogen (secondary N) is 1. The van der Waals surface area contributed by atoms with E-state index in [-0.39, 0.29) is 18.4 Å². The summed E-state index contributed by atoms with van der Waals surface area (Å²) in [6.45, 7) is 4.29. The molecule has 0 aliphatic heterocycles. The summed E-state index contributed by atoms with van der Waals surface area (Å²) < 4.78 is 10.6. The van der Waals surface area contributed by atoms with Crippen LogP contribution in [-0.2, 0) is 4.79 Å². The van der Waals surface area contributed by atoms with Crippen molar-refractivity contribution in [3.05, 3.63) is 53.6 Å². The number of hydrogen-bond acceptors (Lipinski definition) is 4. The second-order valence-corrected chi connectivity index (χ2v) is 6.18. The van der Waals surface area contributed by atoms with E-state index in [4.69, 9.17) is 9.47 Å². The molecule has 0 bridgehead atoms. The van der Waals surface area contributed by atoms with Crippen molar-refractivity contribution in [3.63, 3.8) is 0 Å². The van der Waals surface area contributed by atoms with E-state index in [0.717, 1.165) is 12.0 Å². The van der Waals surface area contributed by atoms with Crippen LogP contribution in [0.5, 0.6) is 11.5 Å². The fourth-order valence-electron chi connectivity index (χ4n) is 2.79. The Morgan fingerprint density at radius 3 is 2.41 bits per heavy atom. The topological polar surface area (TPSA) is 67.9 Å². The van der Waals surface area contributed by atoms with Gasteiger partial charge in [0.2, 0.25) is 5.91 Å². The van der Waals surface area contributed by atoms with Gasteiger partial charge in [0, 0.05) is 6.54 Å². The van der Waals surface area contributed by atoms with Crippen LogP contribution in [0.1, 0.15) is 29.3 Å². The number of carbonyl (C=O) groups excluding carboxylic acids is 2. The summed E-state index contributed by atoms with van der Waals surface area (Å²) in [4.78, 5) is 27.1. The molecule has 6 heteroatoms. The van der Waals surface area contributed by atoms with Gasteiger partial charge in [-0.15, -0.1) is 0 Å². The number of ether oxygens (including phenoxy) is 2. The highest BCUT2D eigenvalue weighted by atomic mass is 16.5.